The van der Waals surface area contributed by atoms with E-state index in [0.29, 0.717) is 6.04 Å². The molecule has 0 aliphatic carbocycles. The van der Waals surface area contributed by atoms with Crippen molar-refractivity contribution in [1.82, 2.24) is 15.1 Å². The van der Waals surface area contributed by atoms with Gasteiger partial charge in [-0.15, -0.1) is 0 Å². The molecule has 0 spiro atoms. The zero-order valence-corrected chi connectivity index (χ0v) is 11.4. The van der Waals surface area contributed by atoms with Crippen LogP contribution >= 0.6 is 0 Å². The molecule has 3 nitrogen and oxygen atoms in total. The van der Waals surface area contributed by atoms with E-state index in [1.54, 1.807) is 0 Å². The number of aromatic nitrogens is 2. The van der Waals surface area contributed by atoms with Crippen molar-refractivity contribution in [2.75, 3.05) is 0 Å². The van der Waals surface area contributed by atoms with Crippen LogP contribution in [0.1, 0.15) is 26.5 Å². The molecule has 1 aromatic carbocycles. The third kappa shape index (κ3) is 2.79. The van der Waals surface area contributed by atoms with E-state index < -0.39 is 0 Å². The second kappa shape index (κ2) is 5.36. The van der Waals surface area contributed by atoms with Gasteiger partial charge in [0.05, 0.1) is 17.8 Å². The molecule has 96 valence electrons. The third-order valence-corrected chi connectivity index (χ3v) is 2.83. The Morgan fingerprint density at radius 3 is 2.78 bits per heavy atom. The normalized spacial score (nSPS) is 11.3. The SMILES string of the molecule is C=C(C)Cn1nc(CNC(C)C)c2ccccc21. The molecule has 0 unspecified atom stereocenters. The number of allylic oxidation sites excluding steroid dienone is 1. The summed E-state index contributed by atoms with van der Waals surface area (Å²) in [7, 11) is 0. The average molecular weight is 243 g/mol. The van der Waals surface area contributed by atoms with Gasteiger partial charge in [-0.1, -0.05) is 44.2 Å². The summed E-state index contributed by atoms with van der Waals surface area (Å²) in [5.41, 5.74) is 3.41. The lowest BCUT2D eigenvalue weighted by molar-refractivity contribution is 0.572. The quantitative estimate of drug-likeness (QED) is 0.818. The van der Waals surface area contributed by atoms with E-state index in [-0.39, 0.29) is 0 Å². The molecule has 0 amide bonds. The third-order valence-electron chi connectivity index (χ3n) is 2.83. The minimum atomic E-state index is 0.468. The molecule has 1 N–H and O–H groups in total. The van der Waals surface area contributed by atoms with Gasteiger partial charge in [0, 0.05) is 18.0 Å². The van der Waals surface area contributed by atoms with Crippen molar-refractivity contribution < 1.29 is 0 Å². The van der Waals surface area contributed by atoms with Gasteiger partial charge in [-0.3, -0.25) is 4.68 Å². The summed E-state index contributed by atoms with van der Waals surface area (Å²) < 4.78 is 2.04. The van der Waals surface area contributed by atoms with Crippen molar-refractivity contribution in [3.63, 3.8) is 0 Å². The lowest BCUT2D eigenvalue weighted by Gasteiger charge is -2.05. The van der Waals surface area contributed by atoms with Gasteiger partial charge in [0.25, 0.3) is 0 Å². The van der Waals surface area contributed by atoms with E-state index in [4.69, 9.17) is 5.10 Å². The summed E-state index contributed by atoms with van der Waals surface area (Å²) in [6, 6.07) is 8.83. The fourth-order valence-corrected chi connectivity index (χ4v) is 2.00. The van der Waals surface area contributed by atoms with E-state index in [2.05, 4.69) is 50.0 Å². The lowest BCUT2D eigenvalue weighted by atomic mass is 10.2. The Hall–Kier alpha value is -1.61. The predicted octanol–water partition coefficient (Wildman–Crippen LogP) is 3.11. The zero-order chi connectivity index (χ0) is 13.1. The van der Waals surface area contributed by atoms with Crippen molar-refractivity contribution in [2.45, 2.75) is 39.9 Å². The van der Waals surface area contributed by atoms with Crippen molar-refractivity contribution in [3.8, 4) is 0 Å². The van der Waals surface area contributed by atoms with E-state index in [1.807, 2.05) is 11.6 Å². The van der Waals surface area contributed by atoms with Gasteiger partial charge in [0.1, 0.15) is 0 Å². The maximum Gasteiger partial charge on any atom is 0.0841 e. The summed E-state index contributed by atoms with van der Waals surface area (Å²) >= 11 is 0. The molecule has 1 aromatic heterocycles. The van der Waals surface area contributed by atoms with Gasteiger partial charge >= 0.3 is 0 Å². The van der Waals surface area contributed by atoms with Crippen LogP contribution in [-0.4, -0.2) is 15.8 Å². The Kier molecular flexibility index (Phi) is 3.82. The first-order valence-corrected chi connectivity index (χ1v) is 6.40. The molecule has 0 atom stereocenters. The minimum Gasteiger partial charge on any atom is -0.309 e. The summed E-state index contributed by atoms with van der Waals surface area (Å²) in [5, 5.41) is 9.35. The Balaban J connectivity index is 2.37. The summed E-state index contributed by atoms with van der Waals surface area (Å²) in [6.45, 7) is 11.9. The second-order valence-corrected chi connectivity index (χ2v) is 5.11. The van der Waals surface area contributed by atoms with Crippen LogP contribution in [0.2, 0.25) is 0 Å². The molecule has 3 heteroatoms. The fraction of sp³-hybridized carbons (Fsp3) is 0.400. The van der Waals surface area contributed by atoms with E-state index in [9.17, 15) is 0 Å². The predicted molar refractivity (Wildman–Crippen MR) is 76.5 cm³/mol. The van der Waals surface area contributed by atoms with Gasteiger partial charge in [-0.2, -0.15) is 5.10 Å². The van der Waals surface area contributed by atoms with Gasteiger partial charge in [0.2, 0.25) is 0 Å². The molecule has 1 heterocycles. The van der Waals surface area contributed by atoms with E-state index in [0.717, 1.165) is 24.4 Å². The first kappa shape index (κ1) is 12.8. The first-order valence-electron chi connectivity index (χ1n) is 6.40. The van der Waals surface area contributed by atoms with Gasteiger partial charge in [-0.25, -0.2) is 0 Å². The summed E-state index contributed by atoms with van der Waals surface area (Å²) in [6.07, 6.45) is 0. The van der Waals surface area contributed by atoms with Crippen LogP contribution in [0.15, 0.2) is 36.4 Å². The summed E-state index contributed by atoms with van der Waals surface area (Å²) in [5.74, 6) is 0. The highest BCUT2D eigenvalue weighted by molar-refractivity contribution is 5.82. The minimum absolute atomic E-state index is 0.468. The molecule has 0 aliphatic rings. The molecule has 0 saturated heterocycles. The molecule has 18 heavy (non-hydrogen) atoms. The monoisotopic (exact) mass is 243 g/mol. The maximum atomic E-state index is 4.69. The smallest absolute Gasteiger partial charge is 0.0841 e. The average Bonchev–Trinajstić information content (AvgIpc) is 2.65. The Morgan fingerprint density at radius 1 is 1.39 bits per heavy atom. The van der Waals surface area contributed by atoms with Crippen LogP contribution in [-0.2, 0) is 13.1 Å². The number of para-hydroxylation sites is 1. The molecule has 0 radical (unpaired) electrons. The fourth-order valence-electron chi connectivity index (χ4n) is 2.00. The van der Waals surface area contributed by atoms with E-state index >= 15 is 0 Å². The van der Waals surface area contributed by atoms with Crippen LogP contribution in [0.4, 0.5) is 0 Å². The van der Waals surface area contributed by atoms with Gasteiger partial charge in [-0.05, 0) is 13.0 Å². The van der Waals surface area contributed by atoms with Crippen molar-refractivity contribution >= 4 is 10.9 Å². The molecular weight excluding hydrogens is 222 g/mol. The first-order chi connectivity index (χ1) is 8.58. The summed E-state index contributed by atoms with van der Waals surface area (Å²) in [4.78, 5) is 0. The number of benzene rings is 1. The van der Waals surface area contributed by atoms with Crippen LogP contribution < -0.4 is 5.32 Å². The second-order valence-electron chi connectivity index (χ2n) is 5.11. The Bertz CT molecular complexity index is 552. The van der Waals surface area contributed by atoms with Gasteiger partial charge < -0.3 is 5.32 Å². The lowest BCUT2D eigenvalue weighted by Crippen LogP contribution is -2.22. The highest BCUT2D eigenvalue weighted by Gasteiger charge is 2.09. The molecule has 0 saturated carbocycles. The number of rotatable bonds is 5. The number of hydrogen-bond acceptors (Lipinski definition) is 2. The molecule has 2 rings (SSSR count). The topological polar surface area (TPSA) is 29.9 Å². The number of hydrogen-bond donors (Lipinski definition) is 1. The molecule has 0 aliphatic heterocycles. The number of fused-ring (bicyclic) bond motifs is 1. The largest absolute Gasteiger partial charge is 0.309 e. The van der Waals surface area contributed by atoms with E-state index in [1.165, 1.54) is 10.9 Å². The van der Waals surface area contributed by atoms with Crippen LogP contribution in [0.25, 0.3) is 10.9 Å². The van der Waals surface area contributed by atoms with Crippen molar-refractivity contribution in [3.05, 3.63) is 42.1 Å². The number of nitrogens with one attached hydrogen (secondary N) is 1. The van der Waals surface area contributed by atoms with Gasteiger partial charge in [0.15, 0.2) is 0 Å². The molecular formula is C15H21N3. The zero-order valence-electron chi connectivity index (χ0n) is 11.4. The van der Waals surface area contributed by atoms with Crippen molar-refractivity contribution in [1.29, 1.82) is 0 Å². The van der Waals surface area contributed by atoms with Crippen molar-refractivity contribution in [2.24, 2.45) is 0 Å². The standard InChI is InChI=1S/C15H21N3/c1-11(2)10-18-15-8-6-5-7-13(15)14(17-18)9-16-12(3)4/h5-8,12,16H,1,9-10H2,2-4H3. The molecule has 2 aromatic rings. The Morgan fingerprint density at radius 2 is 2.11 bits per heavy atom. The Labute approximate surface area is 109 Å². The number of nitrogens with zero attached hydrogens (tertiary/aromatic N) is 2. The van der Waals surface area contributed by atoms with Crippen LogP contribution in [0, 0.1) is 0 Å². The van der Waals surface area contributed by atoms with Crippen LogP contribution in [0.5, 0.6) is 0 Å². The highest BCUT2D eigenvalue weighted by atomic mass is 15.3. The molecule has 0 bridgehead atoms. The maximum absolute atomic E-state index is 4.69. The highest BCUT2D eigenvalue weighted by Crippen LogP contribution is 2.19. The van der Waals surface area contributed by atoms with Crippen LogP contribution in [0.3, 0.4) is 0 Å². The molecule has 0 fully saturated rings.